The Morgan fingerprint density at radius 2 is 1.85 bits per heavy atom. The number of nitrogens with zero attached hydrogens (tertiary/aromatic N) is 1. The summed E-state index contributed by atoms with van der Waals surface area (Å²) in [4.78, 5) is 15.6. The number of carbonyl (C=O) groups excluding carboxylic acids is 1. The lowest BCUT2D eigenvalue weighted by molar-refractivity contribution is -0.900. The third kappa shape index (κ3) is 4.73. The van der Waals surface area contributed by atoms with Crippen molar-refractivity contribution in [2.75, 3.05) is 50.1 Å². The summed E-state index contributed by atoms with van der Waals surface area (Å²) in [5.41, 5.74) is 1.44. The molecule has 0 aromatic heterocycles. The molecule has 1 heterocycles. The molecule has 0 atom stereocenters. The highest BCUT2D eigenvalue weighted by atomic mass is 19.1. The molecule has 26 heavy (non-hydrogen) atoms. The van der Waals surface area contributed by atoms with Crippen LogP contribution in [0.1, 0.15) is 6.42 Å². The minimum atomic E-state index is -0.171. The number of benzene rings is 2. The fraction of sp³-hybridized carbons (Fsp3) is 0.350. The normalized spacial score (nSPS) is 14.9. The van der Waals surface area contributed by atoms with Crippen LogP contribution in [0.2, 0.25) is 0 Å². The van der Waals surface area contributed by atoms with E-state index in [2.05, 4.69) is 10.2 Å². The Kier molecular flexibility index (Phi) is 6.07. The van der Waals surface area contributed by atoms with Crippen LogP contribution in [0.3, 0.4) is 0 Å². The summed E-state index contributed by atoms with van der Waals surface area (Å²) in [5, 5.41) is 2.91. The Bertz CT molecular complexity index is 728. The van der Waals surface area contributed by atoms with Gasteiger partial charge in [-0.2, -0.15) is 0 Å². The minimum Gasteiger partial charge on any atom is -0.497 e. The largest absolute Gasteiger partial charge is 0.497 e. The van der Waals surface area contributed by atoms with E-state index in [-0.39, 0.29) is 11.7 Å². The van der Waals surface area contributed by atoms with Crippen molar-refractivity contribution in [1.29, 1.82) is 0 Å². The lowest BCUT2D eigenvalue weighted by Gasteiger charge is -2.33. The summed E-state index contributed by atoms with van der Waals surface area (Å²) in [6, 6.07) is 14.2. The van der Waals surface area contributed by atoms with Gasteiger partial charge in [0.2, 0.25) is 5.91 Å². The quantitative estimate of drug-likeness (QED) is 0.824. The molecule has 1 fully saturated rings. The van der Waals surface area contributed by atoms with E-state index in [1.165, 1.54) is 11.0 Å². The van der Waals surface area contributed by atoms with E-state index < -0.39 is 0 Å². The molecule has 0 aliphatic carbocycles. The Labute approximate surface area is 153 Å². The monoisotopic (exact) mass is 358 g/mol. The van der Waals surface area contributed by atoms with Crippen molar-refractivity contribution in [2.24, 2.45) is 0 Å². The number of anilines is 2. The Morgan fingerprint density at radius 1 is 1.15 bits per heavy atom. The van der Waals surface area contributed by atoms with Crippen LogP contribution in [0.15, 0.2) is 48.5 Å². The van der Waals surface area contributed by atoms with Gasteiger partial charge in [0.05, 0.1) is 51.9 Å². The summed E-state index contributed by atoms with van der Waals surface area (Å²) in [6.45, 7) is 4.20. The van der Waals surface area contributed by atoms with Crippen LogP contribution >= 0.6 is 0 Å². The van der Waals surface area contributed by atoms with E-state index >= 15 is 0 Å². The van der Waals surface area contributed by atoms with E-state index in [0.717, 1.165) is 44.2 Å². The van der Waals surface area contributed by atoms with Gasteiger partial charge < -0.3 is 19.9 Å². The van der Waals surface area contributed by atoms with Crippen LogP contribution in [0, 0.1) is 5.82 Å². The SMILES string of the molecule is COc1ccc(NC(=O)CC[NH+]2CCN(c3ccccc3F)CC2)cc1. The van der Waals surface area contributed by atoms with Gasteiger partial charge in [0, 0.05) is 5.69 Å². The summed E-state index contributed by atoms with van der Waals surface area (Å²) in [6.07, 6.45) is 0.473. The summed E-state index contributed by atoms with van der Waals surface area (Å²) in [5.74, 6) is 0.606. The van der Waals surface area contributed by atoms with Gasteiger partial charge >= 0.3 is 0 Å². The fourth-order valence-electron chi connectivity index (χ4n) is 3.21. The average Bonchev–Trinajstić information content (AvgIpc) is 2.68. The predicted octanol–water partition coefficient (Wildman–Crippen LogP) is 1.57. The van der Waals surface area contributed by atoms with Crippen LogP contribution in [-0.4, -0.2) is 45.7 Å². The Morgan fingerprint density at radius 3 is 2.50 bits per heavy atom. The lowest BCUT2D eigenvalue weighted by Crippen LogP contribution is -3.15. The van der Waals surface area contributed by atoms with Gasteiger partial charge in [-0.15, -0.1) is 0 Å². The van der Waals surface area contributed by atoms with Crippen LogP contribution in [-0.2, 0) is 4.79 Å². The maximum Gasteiger partial charge on any atom is 0.230 e. The van der Waals surface area contributed by atoms with Crippen molar-refractivity contribution in [3.05, 3.63) is 54.3 Å². The number of methoxy groups -OCH3 is 1. The maximum atomic E-state index is 13.9. The molecule has 6 heteroatoms. The second kappa shape index (κ2) is 8.67. The number of piperazine rings is 1. The van der Waals surface area contributed by atoms with Gasteiger partial charge in [-0.25, -0.2) is 4.39 Å². The molecule has 1 aliphatic rings. The molecule has 0 radical (unpaired) electrons. The topological polar surface area (TPSA) is 46.0 Å². The highest BCUT2D eigenvalue weighted by molar-refractivity contribution is 5.90. The first-order valence-electron chi connectivity index (χ1n) is 8.92. The molecule has 2 aromatic rings. The predicted molar refractivity (Wildman–Crippen MR) is 100 cm³/mol. The molecule has 5 nitrogen and oxygen atoms in total. The zero-order valence-corrected chi connectivity index (χ0v) is 15.0. The van der Waals surface area contributed by atoms with Crippen LogP contribution in [0.5, 0.6) is 5.75 Å². The molecule has 1 amide bonds. The van der Waals surface area contributed by atoms with Crippen molar-refractivity contribution >= 4 is 17.3 Å². The summed E-state index contributed by atoms with van der Waals surface area (Å²) >= 11 is 0. The molecule has 2 aromatic carbocycles. The van der Waals surface area contributed by atoms with Crippen molar-refractivity contribution in [3.63, 3.8) is 0 Å². The van der Waals surface area contributed by atoms with E-state index in [0.29, 0.717) is 12.1 Å². The number of halogens is 1. The van der Waals surface area contributed by atoms with Gasteiger partial charge in [0.1, 0.15) is 11.6 Å². The standard InChI is InChI=1S/C20H24FN3O2/c1-26-17-8-6-16(7-9-17)22-20(25)10-11-23-12-14-24(15-13-23)19-5-3-2-4-18(19)21/h2-9H,10-15H2,1H3,(H,22,25)/p+1. The number of quaternary nitrogens is 1. The number of rotatable bonds is 6. The first kappa shape index (κ1) is 18.2. The third-order valence-corrected chi connectivity index (χ3v) is 4.74. The lowest BCUT2D eigenvalue weighted by atomic mass is 10.2. The zero-order valence-electron chi connectivity index (χ0n) is 15.0. The first-order chi connectivity index (χ1) is 12.7. The molecule has 1 saturated heterocycles. The molecule has 3 rings (SSSR count). The van der Waals surface area contributed by atoms with Crippen molar-refractivity contribution in [2.45, 2.75) is 6.42 Å². The van der Waals surface area contributed by atoms with E-state index in [9.17, 15) is 9.18 Å². The second-order valence-electron chi connectivity index (χ2n) is 6.47. The number of nitrogens with one attached hydrogen (secondary N) is 2. The number of para-hydroxylation sites is 1. The van der Waals surface area contributed by atoms with E-state index in [4.69, 9.17) is 4.74 Å². The number of amides is 1. The van der Waals surface area contributed by atoms with Gasteiger partial charge in [-0.3, -0.25) is 4.79 Å². The van der Waals surface area contributed by atoms with E-state index in [1.807, 2.05) is 36.4 Å². The number of ether oxygens (including phenoxy) is 1. The molecular formula is C20H25FN3O2+. The molecule has 0 saturated carbocycles. The van der Waals surface area contributed by atoms with Gasteiger partial charge in [0.15, 0.2) is 0 Å². The van der Waals surface area contributed by atoms with E-state index in [1.54, 1.807) is 13.2 Å². The van der Waals surface area contributed by atoms with Gasteiger partial charge in [-0.1, -0.05) is 12.1 Å². The van der Waals surface area contributed by atoms with Crippen molar-refractivity contribution in [1.82, 2.24) is 0 Å². The highest BCUT2D eigenvalue weighted by Gasteiger charge is 2.22. The second-order valence-corrected chi connectivity index (χ2v) is 6.47. The van der Waals surface area contributed by atoms with Crippen molar-refractivity contribution < 1.29 is 18.8 Å². The van der Waals surface area contributed by atoms with Gasteiger partial charge in [0.25, 0.3) is 0 Å². The number of hydrogen-bond donors (Lipinski definition) is 2. The Balaban J connectivity index is 1.42. The summed E-state index contributed by atoms with van der Waals surface area (Å²) in [7, 11) is 1.61. The average molecular weight is 358 g/mol. The Hall–Kier alpha value is -2.60. The third-order valence-electron chi connectivity index (χ3n) is 4.74. The smallest absolute Gasteiger partial charge is 0.230 e. The molecule has 0 bridgehead atoms. The van der Waals surface area contributed by atoms with Crippen LogP contribution in [0.4, 0.5) is 15.8 Å². The van der Waals surface area contributed by atoms with Crippen LogP contribution < -0.4 is 19.9 Å². The molecule has 2 N–H and O–H groups in total. The molecule has 1 aliphatic heterocycles. The molecule has 138 valence electrons. The minimum absolute atomic E-state index is 0.0131. The van der Waals surface area contributed by atoms with Crippen LogP contribution in [0.25, 0.3) is 0 Å². The highest BCUT2D eigenvalue weighted by Crippen LogP contribution is 2.18. The van der Waals surface area contributed by atoms with Gasteiger partial charge in [-0.05, 0) is 36.4 Å². The zero-order chi connectivity index (χ0) is 18.4. The molecule has 0 spiro atoms. The summed E-state index contributed by atoms with van der Waals surface area (Å²) < 4.78 is 19.0. The van der Waals surface area contributed by atoms with Crippen molar-refractivity contribution in [3.8, 4) is 5.75 Å². The first-order valence-corrected chi connectivity index (χ1v) is 8.92. The number of carbonyl (C=O) groups is 1. The fourth-order valence-corrected chi connectivity index (χ4v) is 3.21. The maximum absolute atomic E-state index is 13.9. The number of hydrogen-bond acceptors (Lipinski definition) is 3. The molecular weight excluding hydrogens is 333 g/mol. The molecule has 0 unspecified atom stereocenters.